The molecule has 0 saturated carbocycles. The summed E-state index contributed by atoms with van der Waals surface area (Å²) in [4.78, 5) is 10.6. The van der Waals surface area contributed by atoms with Gasteiger partial charge in [0.25, 0.3) is 0 Å². The van der Waals surface area contributed by atoms with Crippen molar-refractivity contribution in [2.24, 2.45) is 11.5 Å². The van der Waals surface area contributed by atoms with Gasteiger partial charge in [-0.25, -0.2) is 0 Å². The second kappa shape index (κ2) is 4.64. The Morgan fingerprint density at radius 2 is 2.07 bits per heavy atom. The minimum atomic E-state index is -0.501. The highest BCUT2D eigenvalue weighted by Crippen LogP contribution is 2.26. The van der Waals surface area contributed by atoms with Crippen LogP contribution in [0.4, 0.5) is 0 Å². The van der Waals surface area contributed by atoms with Gasteiger partial charge in [0.05, 0.1) is 0 Å². The second-order valence-corrected chi connectivity index (χ2v) is 3.79. The van der Waals surface area contributed by atoms with E-state index in [9.17, 15) is 4.79 Å². The van der Waals surface area contributed by atoms with E-state index in [4.69, 9.17) is 34.7 Å². The third-order valence-electron chi connectivity index (χ3n) is 1.78. The summed E-state index contributed by atoms with van der Waals surface area (Å²) in [5, 5.41) is 1.02. The molecule has 3 nitrogen and oxygen atoms in total. The number of amides is 1. The predicted octanol–water partition coefficient (Wildman–Crippen LogP) is 1.87. The molecular weight excluding hydrogens is 223 g/mol. The topological polar surface area (TPSA) is 69.1 Å². The zero-order valence-electron chi connectivity index (χ0n) is 7.34. The fourth-order valence-electron chi connectivity index (χ4n) is 1.13. The number of carbonyl (C=O) groups excluding carboxylic acids is 1. The van der Waals surface area contributed by atoms with Crippen molar-refractivity contribution in [2.45, 2.75) is 12.5 Å². The van der Waals surface area contributed by atoms with E-state index in [0.717, 1.165) is 0 Å². The van der Waals surface area contributed by atoms with Gasteiger partial charge in [-0.15, -0.1) is 0 Å². The summed E-state index contributed by atoms with van der Waals surface area (Å²) in [6.07, 6.45) is 0.0556. The van der Waals surface area contributed by atoms with Crippen LogP contribution in [0.2, 0.25) is 10.0 Å². The molecule has 14 heavy (non-hydrogen) atoms. The molecule has 1 aromatic carbocycles. The summed E-state index contributed by atoms with van der Waals surface area (Å²) in [6.45, 7) is 0. The van der Waals surface area contributed by atoms with Crippen LogP contribution in [0.5, 0.6) is 0 Å². The lowest BCUT2D eigenvalue weighted by Crippen LogP contribution is -2.20. The average molecular weight is 233 g/mol. The molecule has 1 aromatic rings. The number of primary amides is 1. The molecule has 0 fully saturated rings. The Bertz CT molecular complexity index is 355. The van der Waals surface area contributed by atoms with E-state index in [0.29, 0.717) is 15.6 Å². The Morgan fingerprint density at radius 1 is 1.43 bits per heavy atom. The zero-order chi connectivity index (χ0) is 10.7. The van der Waals surface area contributed by atoms with Crippen molar-refractivity contribution in [3.63, 3.8) is 0 Å². The van der Waals surface area contributed by atoms with Gasteiger partial charge in [0.1, 0.15) is 0 Å². The lowest BCUT2D eigenvalue weighted by molar-refractivity contribution is -0.118. The van der Waals surface area contributed by atoms with Crippen molar-refractivity contribution in [3.05, 3.63) is 33.8 Å². The first-order valence-electron chi connectivity index (χ1n) is 3.99. The van der Waals surface area contributed by atoms with Gasteiger partial charge >= 0.3 is 0 Å². The van der Waals surface area contributed by atoms with Crippen molar-refractivity contribution in [2.75, 3.05) is 0 Å². The quantitative estimate of drug-likeness (QED) is 0.836. The molecule has 0 aromatic heterocycles. The van der Waals surface area contributed by atoms with Crippen LogP contribution in [0.1, 0.15) is 18.0 Å². The monoisotopic (exact) mass is 232 g/mol. The van der Waals surface area contributed by atoms with Crippen LogP contribution in [-0.2, 0) is 4.79 Å². The minimum absolute atomic E-state index is 0.0556. The number of hydrogen-bond acceptors (Lipinski definition) is 2. The van der Waals surface area contributed by atoms with Gasteiger partial charge in [0, 0.05) is 22.5 Å². The number of nitrogens with two attached hydrogens (primary N) is 2. The Hall–Kier alpha value is -0.770. The first-order valence-corrected chi connectivity index (χ1v) is 4.75. The van der Waals surface area contributed by atoms with E-state index in [1.807, 2.05) is 0 Å². The Labute approximate surface area is 92.0 Å². The summed E-state index contributed by atoms with van der Waals surface area (Å²) in [7, 11) is 0. The van der Waals surface area contributed by atoms with Crippen molar-refractivity contribution in [1.82, 2.24) is 0 Å². The molecule has 4 N–H and O–H groups in total. The van der Waals surface area contributed by atoms with Crippen molar-refractivity contribution < 1.29 is 4.79 Å². The number of hydrogen-bond donors (Lipinski definition) is 2. The van der Waals surface area contributed by atoms with E-state index in [2.05, 4.69) is 0 Å². The highest BCUT2D eigenvalue weighted by Gasteiger charge is 2.12. The fourth-order valence-corrected chi connectivity index (χ4v) is 1.56. The zero-order valence-corrected chi connectivity index (χ0v) is 8.85. The van der Waals surface area contributed by atoms with Crippen LogP contribution in [0.25, 0.3) is 0 Å². The summed E-state index contributed by atoms with van der Waals surface area (Å²) in [5.41, 5.74) is 11.4. The third kappa shape index (κ3) is 2.87. The molecular formula is C9H10Cl2N2O. The molecule has 0 spiro atoms. The van der Waals surface area contributed by atoms with E-state index in [1.165, 1.54) is 0 Å². The lowest BCUT2D eigenvalue weighted by atomic mass is 10.0. The van der Waals surface area contributed by atoms with Gasteiger partial charge in [0.15, 0.2) is 0 Å². The van der Waals surface area contributed by atoms with E-state index >= 15 is 0 Å². The first-order chi connectivity index (χ1) is 6.50. The second-order valence-electron chi connectivity index (χ2n) is 2.94. The molecule has 0 saturated heterocycles. The molecule has 0 aliphatic carbocycles. The molecule has 0 radical (unpaired) electrons. The molecule has 1 atom stereocenters. The number of rotatable bonds is 3. The van der Waals surface area contributed by atoms with Gasteiger partial charge in [-0.05, 0) is 23.8 Å². The highest BCUT2D eigenvalue weighted by atomic mass is 35.5. The minimum Gasteiger partial charge on any atom is -0.370 e. The molecule has 0 bridgehead atoms. The van der Waals surface area contributed by atoms with Crippen molar-refractivity contribution in [1.29, 1.82) is 0 Å². The van der Waals surface area contributed by atoms with Crippen molar-refractivity contribution in [3.8, 4) is 0 Å². The Balaban J connectivity index is 2.93. The van der Waals surface area contributed by atoms with Gasteiger partial charge in [-0.2, -0.15) is 0 Å². The average Bonchev–Trinajstić information content (AvgIpc) is 2.08. The molecule has 1 unspecified atom stereocenters. The number of carbonyl (C=O) groups is 1. The molecule has 0 heterocycles. The maximum absolute atomic E-state index is 10.6. The van der Waals surface area contributed by atoms with Crippen LogP contribution in [0.15, 0.2) is 18.2 Å². The Morgan fingerprint density at radius 3 is 2.64 bits per heavy atom. The van der Waals surface area contributed by atoms with E-state index in [1.54, 1.807) is 18.2 Å². The van der Waals surface area contributed by atoms with Gasteiger partial charge in [-0.1, -0.05) is 23.2 Å². The Kier molecular flexibility index (Phi) is 3.75. The highest BCUT2D eigenvalue weighted by molar-refractivity contribution is 6.33. The maximum Gasteiger partial charge on any atom is 0.219 e. The van der Waals surface area contributed by atoms with Gasteiger partial charge < -0.3 is 11.5 Å². The molecule has 0 aliphatic heterocycles. The van der Waals surface area contributed by atoms with E-state index in [-0.39, 0.29) is 6.42 Å². The largest absolute Gasteiger partial charge is 0.370 e. The summed E-state index contributed by atoms with van der Waals surface area (Å²) in [6, 6.07) is 4.43. The van der Waals surface area contributed by atoms with Gasteiger partial charge in [-0.3, -0.25) is 4.79 Å². The third-order valence-corrected chi connectivity index (χ3v) is 2.36. The maximum atomic E-state index is 10.6. The molecule has 0 aliphatic rings. The van der Waals surface area contributed by atoms with Crippen LogP contribution in [-0.4, -0.2) is 5.91 Å². The van der Waals surface area contributed by atoms with E-state index < -0.39 is 11.9 Å². The van der Waals surface area contributed by atoms with Crippen LogP contribution < -0.4 is 11.5 Å². The molecule has 1 rings (SSSR count). The molecule has 5 heteroatoms. The molecule has 1 amide bonds. The standard InChI is InChI=1S/C9H10Cl2N2O/c10-5-1-2-7(11)6(3-5)8(12)4-9(13)14/h1-3,8H,4,12H2,(H2,13,14). The SMILES string of the molecule is NC(=O)CC(N)c1cc(Cl)ccc1Cl. The van der Waals surface area contributed by atoms with Crippen LogP contribution in [0, 0.1) is 0 Å². The summed E-state index contributed by atoms with van der Waals surface area (Å²) >= 11 is 11.7. The fraction of sp³-hybridized carbons (Fsp3) is 0.222. The van der Waals surface area contributed by atoms with Crippen molar-refractivity contribution >= 4 is 29.1 Å². The summed E-state index contributed by atoms with van der Waals surface area (Å²) in [5.74, 6) is -0.464. The lowest BCUT2D eigenvalue weighted by Gasteiger charge is -2.11. The summed E-state index contributed by atoms with van der Waals surface area (Å²) < 4.78 is 0. The van der Waals surface area contributed by atoms with Crippen LogP contribution >= 0.6 is 23.2 Å². The van der Waals surface area contributed by atoms with Crippen LogP contribution in [0.3, 0.4) is 0 Å². The molecule has 76 valence electrons. The number of halogens is 2. The van der Waals surface area contributed by atoms with Gasteiger partial charge in [0.2, 0.25) is 5.91 Å². The predicted molar refractivity (Wildman–Crippen MR) is 57.2 cm³/mol. The smallest absolute Gasteiger partial charge is 0.219 e. The first kappa shape index (κ1) is 11.3. The number of benzene rings is 1. The normalized spacial score (nSPS) is 12.5.